The van der Waals surface area contributed by atoms with E-state index >= 15 is 0 Å². The first-order valence-corrected chi connectivity index (χ1v) is 7.41. The van der Waals surface area contributed by atoms with Crippen LogP contribution in [0, 0.1) is 19.8 Å². The maximum Gasteiger partial charge on any atom is 0.330 e. The zero-order chi connectivity index (χ0) is 15.6. The van der Waals surface area contributed by atoms with Crippen molar-refractivity contribution in [3.8, 4) is 0 Å². The van der Waals surface area contributed by atoms with Crippen molar-refractivity contribution in [2.45, 2.75) is 40.5 Å². The zero-order valence-electron chi connectivity index (χ0n) is 13.2. The van der Waals surface area contributed by atoms with E-state index in [1.165, 1.54) is 11.6 Å². The van der Waals surface area contributed by atoms with Gasteiger partial charge in [0.05, 0.1) is 6.61 Å². The van der Waals surface area contributed by atoms with Crippen molar-refractivity contribution in [1.29, 1.82) is 0 Å². The van der Waals surface area contributed by atoms with E-state index in [0.29, 0.717) is 13.0 Å². The fourth-order valence-corrected chi connectivity index (χ4v) is 3.10. The van der Waals surface area contributed by atoms with Gasteiger partial charge in [-0.25, -0.2) is 4.79 Å². The van der Waals surface area contributed by atoms with Crippen molar-refractivity contribution < 1.29 is 14.3 Å². The minimum absolute atomic E-state index is 0.0841. The first kappa shape index (κ1) is 15.5. The van der Waals surface area contributed by atoms with Gasteiger partial charge in [0.2, 0.25) is 0 Å². The summed E-state index contributed by atoms with van der Waals surface area (Å²) in [6, 6.07) is 2.12. The van der Waals surface area contributed by atoms with E-state index in [0.717, 1.165) is 28.7 Å². The molecular formula is C18H22O3. The van der Waals surface area contributed by atoms with Crippen molar-refractivity contribution in [3.63, 3.8) is 0 Å². The summed E-state index contributed by atoms with van der Waals surface area (Å²) in [7, 11) is 0. The number of ether oxygens (including phenoxy) is 1. The molecule has 3 heteroatoms. The number of benzene rings is 1. The molecule has 21 heavy (non-hydrogen) atoms. The Labute approximate surface area is 126 Å². The van der Waals surface area contributed by atoms with Crippen LogP contribution >= 0.6 is 0 Å². The van der Waals surface area contributed by atoms with Gasteiger partial charge in [-0.3, -0.25) is 4.79 Å². The number of carbonyl (C=O) groups is 2. The van der Waals surface area contributed by atoms with Gasteiger partial charge in [-0.1, -0.05) is 19.1 Å². The molecule has 0 radical (unpaired) electrons. The van der Waals surface area contributed by atoms with Crippen LogP contribution in [0.25, 0.3) is 0 Å². The van der Waals surface area contributed by atoms with Gasteiger partial charge in [0.15, 0.2) is 5.78 Å². The molecule has 0 fully saturated rings. The monoisotopic (exact) mass is 286 g/mol. The van der Waals surface area contributed by atoms with Crippen LogP contribution in [0.15, 0.2) is 18.2 Å². The van der Waals surface area contributed by atoms with Gasteiger partial charge in [-0.05, 0) is 49.4 Å². The Morgan fingerprint density at radius 1 is 1.43 bits per heavy atom. The third-order valence-corrected chi connectivity index (χ3v) is 4.13. The van der Waals surface area contributed by atoms with Crippen molar-refractivity contribution in [3.05, 3.63) is 46.0 Å². The molecule has 1 aromatic carbocycles. The van der Waals surface area contributed by atoms with Crippen molar-refractivity contribution in [2.24, 2.45) is 5.92 Å². The molecule has 0 bridgehead atoms. The molecule has 1 aliphatic rings. The average Bonchev–Trinajstić information content (AvgIpc) is 2.69. The van der Waals surface area contributed by atoms with Crippen LogP contribution in [0.4, 0.5) is 0 Å². The maximum atomic E-state index is 12.3. The molecule has 0 amide bonds. The summed E-state index contributed by atoms with van der Waals surface area (Å²) >= 11 is 0. The molecule has 1 atom stereocenters. The number of Topliss-reactive ketones (excluding diaryl/α,β-unsaturated/α-hetero) is 1. The first-order valence-electron chi connectivity index (χ1n) is 7.41. The minimum atomic E-state index is -0.321. The standard InChI is InChI=1S/C18H22O3/c1-5-6-16(19)21-8-7-15-11(2)9-14-10-12(3)18(20)17(14)13(15)4/h5-6,9,12H,7-8,10H2,1-4H3/b6-5-/t12-/m1/s1. The molecule has 3 nitrogen and oxygen atoms in total. The van der Waals surface area contributed by atoms with Gasteiger partial charge in [0.25, 0.3) is 0 Å². The third kappa shape index (κ3) is 3.07. The summed E-state index contributed by atoms with van der Waals surface area (Å²) < 4.78 is 5.15. The summed E-state index contributed by atoms with van der Waals surface area (Å²) in [6.45, 7) is 8.17. The first-order chi connectivity index (χ1) is 9.95. The Morgan fingerprint density at radius 2 is 2.14 bits per heavy atom. The van der Waals surface area contributed by atoms with E-state index in [1.54, 1.807) is 13.0 Å². The number of fused-ring (bicyclic) bond motifs is 1. The molecule has 0 saturated carbocycles. The number of esters is 1. The summed E-state index contributed by atoms with van der Waals surface area (Å²) in [5.74, 6) is 0.00851. The number of ketones is 1. The molecule has 0 aromatic heterocycles. The average molecular weight is 286 g/mol. The SMILES string of the molecule is C/C=C\C(=O)OCCc1c(C)cc2c(c1C)C(=O)[C@H](C)C2. The van der Waals surface area contributed by atoms with Crippen LogP contribution in [0.5, 0.6) is 0 Å². The fourth-order valence-electron chi connectivity index (χ4n) is 3.10. The highest BCUT2D eigenvalue weighted by atomic mass is 16.5. The number of hydrogen-bond donors (Lipinski definition) is 0. The van der Waals surface area contributed by atoms with Crippen molar-refractivity contribution in [1.82, 2.24) is 0 Å². The fraction of sp³-hybridized carbons (Fsp3) is 0.444. The van der Waals surface area contributed by atoms with Gasteiger partial charge in [0, 0.05) is 24.0 Å². The van der Waals surface area contributed by atoms with Crippen LogP contribution in [0.2, 0.25) is 0 Å². The van der Waals surface area contributed by atoms with E-state index in [2.05, 4.69) is 13.0 Å². The molecule has 0 aliphatic heterocycles. The Hall–Kier alpha value is -1.90. The number of carbonyl (C=O) groups excluding carboxylic acids is 2. The highest BCUT2D eigenvalue weighted by molar-refractivity contribution is 6.03. The summed E-state index contributed by atoms with van der Waals surface area (Å²) in [6.07, 6.45) is 4.56. The van der Waals surface area contributed by atoms with Crippen LogP contribution in [0.3, 0.4) is 0 Å². The lowest BCUT2D eigenvalue weighted by atomic mass is 9.92. The zero-order valence-corrected chi connectivity index (χ0v) is 13.2. The Bertz CT molecular complexity index is 611. The molecule has 0 heterocycles. The van der Waals surface area contributed by atoms with E-state index < -0.39 is 0 Å². The van der Waals surface area contributed by atoms with Crippen molar-refractivity contribution >= 4 is 11.8 Å². The van der Waals surface area contributed by atoms with E-state index in [1.807, 2.05) is 13.8 Å². The van der Waals surface area contributed by atoms with Gasteiger partial charge in [-0.2, -0.15) is 0 Å². The van der Waals surface area contributed by atoms with Gasteiger partial charge in [0.1, 0.15) is 0 Å². The van der Waals surface area contributed by atoms with Crippen LogP contribution < -0.4 is 0 Å². The molecule has 0 unspecified atom stereocenters. The summed E-state index contributed by atoms with van der Waals surface area (Å²) in [4.78, 5) is 23.6. The largest absolute Gasteiger partial charge is 0.462 e. The van der Waals surface area contributed by atoms with Crippen LogP contribution in [0.1, 0.15) is 46.5 Å². The molecule has 0 N–H and O–H groups in total. The topological polar surface area (TPSA) is 43.4 Å². The smallest absolute Gasteiger partial charge is 0.330 e. The van der Waals surface area contributed by atoms with Crippen LogP contribution in [-0.2, 0) is 22.4 Å². The highest BCUT2D eigenvalue weighted by Gasteiger charge is 2.30. The number of hydrogen-bond acceptors (Lipinski definition) is 3. The predicted molar refractivity (Wildman–Crippen MR) is 82.6 cm³/mol. The molecule has 2 rings (SSSR count). The minimum Gasteiger partial charge on any atom is -0.462 e. The second-order valence-corrected chi connectivity index (χ2v) is 5.72. The Balaban J connectivity index is 2.18. The lowest BCUT2D eigenvalue weighted by Gasteiger charge is -2.14. The van der Waals surface area contributed by atoms with E-state index in [4.69, 9.17) is 4.74 Å². The highest BCUT2D eigenvalue weighted by Crippen LogP contribution is 2.32. The summed E-state index contributed by atoms with van der Waals surface area (Å²) in [5, 5.41) is 0. The molecule has 112 valence electrons. The number of aryl methyl sites for hydroxylation is 1. The molecule has 0 spiro atoms. The molecule has 1 aromatic rings. The van der Waals surface area contributed by atoms with Gasteiger partial charge < -0.3 is 4.74 Å². The Morgan fingerprint density at radius 3 is 2.81 bits per heavy atom. The van der Waals surface area contributed by atoms with E-state index in [9.17, 15) is 9.59 Å². The normalized spacial score (nSPS) is 17.3. The second kappa shape index (κ2) is 6.25. The van der Waals surface area contributed by atoms with E-state index in [-0.39, 0.29) is 17.7 Å². The predicted octanol–water partition coefficient (Wildman–Crippen LogP) is 3.34. The lowest BCUT2D eigenvalue weighted by molar-refractivity contribution is -0.137. The maximum absolute atomic E-state index is 12.3. The Kier molecular flexibility index (Phi) is 4.61. The molecule has 1 aliphatic carbocycles. The van der Waals surface area contributed by atoms with Gasteiger partial charge >= 0.3 is 5.97 Å². The summed E-state index contributed by atoms with van der Waals surface area (Å²) in [5.41, 5.74) is 5.42. The quantitative estimate of drug-likeness (QED) is 0.630. The second-order valence-electron chi connectivity index (χ2n) is 5.72. The lowest BCUT2D eigenvalue weighted by Crippen LogP contribution is -2.10. The van der Waals surface area contributed by atoms with Crippen molar-refractivity contribution in [2.75, 3.05) is 6.61 Å². The number of rotatable bonds is 4. The molecule has 0 saturated heterocycles. The third-order valence-electron chi connectivity index (χ3n) is 4.13. The van der Waals surface area contributed by atoms with Gasteiger partial charge in [-0.15, -0.1) is 0 Å². The number of allylic oxidation sites excluding steroid dienone is 1. The molecular weight excluding hydrogens is 264 g/mol. The van der Waals surface area contributed by atoms with Crippen LogP contribution in [-0.4, -0.2) is 18.4 Å².